The summed E-state index contributed by atoms with van der Waals surface area (Å²) in [5.41, 5.74) is 0. The summed E-state index contributed by atoms with van der Waals surface area (Å²) < 4.78 is 55.2. The van der Waals surface area contributed by atoms with E-state index in [9.17, 15) is 26.4 Å². The molecule has 16 heteroatoms. The largest absolute Gasteiger partial charge is 1.00 e. The van der Waals surface area contributed by atoms with E-state index in [2.05, 4.69) is 14.2 Å². The Morgan fingerprint density at radius 3 is 1.52 bits per heavy atom. The van der Waals surface area contributed by atoms with Gasteiger partial charge in [-0.1, -0.05) is 0 Å². The van der Waals surface area contributed by atoms with Crippen molar-refractivity contribution in [3.05, 3.63) is 34.0 Å². The number of esters is 1. The fourth-order valence-corrected chi connectivity index (χ4v) is 5.10. The van der Waals surface area contributed by atoms with Crippen LogP contribution >= 0.6 is 22.7 Å². The molecule has 4 N–H and O–H groups in total. The van der Waals surface area contributed by atoms with Crippen molar-refractivity contribution >= 4 is 64.7 Å². The van der Waals surface area contributed by atoms with Crippen LogP contribution in [0.4, 0.5) is 10.0 Å². The number of hydrogen-bond acceptors (Lipinski definition) is 10. The van der Waals surface area contributed by atoms with Crippen molar-refractivity contribution in [3.8, 4) is 0 Å². The number of thiophene rings is 2. The van der Waals surface area contributed by atoms with E-state index < -0.39 is 42.5 Å². The van der Waals surface area contributed by atoms with Gasteiger partial charge in [0.25, 0.3) is 0 Å². The van der Waals surface area contributed by atoms with Gasteiger partial charge < -0.3 is 15.3 Å². The van der Waals surface area contributed by atoms with Gasteiger partial charge in [-0.15, -0.1) is 22.7 Å². The molecule has 0 aliphatic rings. The molecule has 0 saturated carbocycles. The predicted molar refractivity (Wildman–Crippen MR) is 124 cm³/mol. The van der Waals surface area contributed by atoms with Crippen LogP contribution in [-0.2, 0) is 24.8 Å². The molecular weight excluding hydrogens is 527 g/mol. The number of ether oxygens (including phenoxy) is 1. The second-order valence-corrected chi connectivity index (χ2v) is 13.2. The molecule has 33 heavy (non-hydrogen) atoms. The zero-order chi connectivity index (χ0) is 24.0. The van der Waals surface area contributed by atoms with E-state index in [1.807, 2.05) is 0 Å². The Bertz CT molecular complexity index is 1120. The van der Waals surface area contributed by atoms with Gasteiger partial charge in [0, 0.05) is 0 Å². The van der Waals surface area contributed by atoms with E-state index >= 15 is 0 Å². The number of hydrogen-bond donors (Lipinski definition) is 3. The van der Waals surface area contributed by atoms with Gasteiger partial charge in [-0.3, -0.25) is 9.44 Å². The van der Waals surface area contributed by atoms with Crippen molar-refractivity contribution in [1.29, 1.82) is 0 Å². The van der Waals surface area contributed by atoms with Crippen LogP contribution in [0.25, 0.3) is 0 Å². The quantitative estimate of drug-likeness (QED) is 0.302. The molecule has 0 radical (unpaired) electrons. The maximum Gasteiger partial charge on any atom is 1.00 e. The second-order valence-electron chi connectivity index (χ2n) is 6.52. The number of carboxylic acids is 1. The molecule has 0 aliphatic heterocycles. The van der Waals surface area contributed by atoms with Crippen molar-refractivity contribution in [3.63, 3.8) is 0 Å². The Morgan fingerprint density at radius 1 is 0.848 bits per heavy atom. The fraction of sp³-hybridized carbons (Fsp3) is 0.412. The number of carbonyl (C=O) groups excluding carboxylic acids is 1. The zero-order valence-electron chi connectivity index (χ0n) is 18.8. The molecule has 0 bridgehead atoms. The molecule has 0 saturated heterocycles. The maximum absolute atomic E-state index is 11.5. The van der Waals surface area contributed by atoms with Gasteiger partial charge in [0.15, 0.2) is 0 Å². The van der Waals surface area contributed by atoms with Gasteiger partial charge in [-0.05, 0) is 52.0 Å². The van der Waals surface area contributed by atoms with Gasteiger partial charge in [0.1, 0.15) is 19.8 Å². The third-order valence-electron chi connectivity index (χ3n) is 3.54. The average molecular weight is 553 g/mol. The summed E-state index contributed by atoms with van der Waals surface area (Å²) in [7, 11) is -5.48. The standard InChI is InChI=1S/C9H13NO4S2.C8H11NO4S2.Na.H2O/c1-6(2)16(12,13)10-8-5-4-7(15-8)9(11)14-3;1-5(2)15(12,13)9-7-4-3-6(14-7)8(10)11;;/h4-6,10H,1-3H3;3-5,9H,1-2H3,(H,10,11);;1H2/q;;+1;/p-1. The van der Waals surface area contributed by atoms with E-state index in [0.29, 0.717) is 14.9 Å². The number of anilines is 2. The Morgan fingerprint density at radius 2 is 1.21 bits per heavy atom. The summed E-state index contributed by atoms with van der Waals surface area (Å²) >= 11 is 1.94. The molecule has 0 unspecified atom stereocenters. The topological polar surface area (TPSA) is 186 Å². The number of rotatable bonds is 8. The van der Waals surface area contributed by atoms with E-state index in [1.54, 1.807) is 27.7 Å². The molecule has 11 nitrogen and oxygen atoms in total. The minimum absolute atomic E-state index is 0. The number of aromatic carboxylic acids is 1. The van der Waals surface area contributed by atoms with E-state index in [0.717, 1.165) is 22.7 Å². The third-order valence-corrected chi connectivity index (χ3v) is 9.26. The minimum atomic E-state index is -3.40. The second kappa shape index (κ2) is 14.3. The number of nitrogens with one attached hydrogen (secondary N) is 2. The smallest absolute Gasteiger partial charge is 0.870 e. The Labute approximate surface area is 223 Å². The normalized spacial score (nSPS) is 10.9. The van der Waals surface area contributed by atoms with Crippen molar-refractivity contribution < 1.29 is 71.3 Å². The molecular formula is C17H25N2NaO9S4. The summed E-state index contributed by atoms with van der Waals surface area (Å²) in [6.45, 7) is 6.26. The minimum Gasteiger partial charge on any atom is -0.870 e. The van der Waals surface area contributed by atoms with Crippen LogP contribution in [0.5, 0.6) is 0 Å². The molecule has 0 aromatic carbocycles. The molecule has 2 rings (SSSR count). The summed E-state index contributed by atoms with van der Waals surface area (Å²) in [4.78, 5) is 22.2. The maximum atomic E-state index is 11.5. The molecule has 0 aliphatic carbocycles. The number of sulfonamides is 2. The summed E-state index contributed by atoms with van der Waals surface area (Å²) in [6, 6.07) is 5.87. The van der Waals surface area contributed by atoms with Gasteiger partial charge in [0.2, 0.25) is 20.0 Å². The van der Waals surface area contributed by atoms with Crippen LogP contribution in [0.1, 0.15) is 47.0 Å². The number of carboxylic acid groups (broad SMARTS) is 1. The summed E-state index contributed by atoms with van der Waals surface area (Å²) in [5.74, 6) is -1.53. The summed E-state index contributed by atoms with van der Waals surface area (Å²) in [6.07, 6.45) is 0. The van der Waals surface area contributed by atoms with Crippen molar-refractivity contribution in [2.45, 2.75) is 38.2 Å². The van der Waals surface area contributed by atoms with Gasteiger partial charge >= 0.3 is 41.5 Å². The fourth-order valence-electron chi connectivity index (χ4n) is 1.63. The zero-order valence-corrected chi connectivity index (χ0v) is 24.1. The van der Waals surface area contributed by atoms with Crippen LogP contribution in [0.2, 0.25) is 0 Å². The monoisotopic (exact) mass is 552 g/mol. The van der Waals surface area contributed by atoms with Gasteiger partial charge in [-0.2, -0.15) is 0 Å². The molecule has 2 heterocycles. The Kier molecular flexibility index (Phi) is 14.7. The van der Waals surface area contributed by atoms with Crippen molar-refractivity contribution in [1.82, 2.24) is 0 Å². The number of carbonyl (C=O) groups is 2. The Balaban J connectivity index is 0. The van der Waals surface area contributed by atoms with Crippen LogP contribution in [0.3, 0.4) is 0 Å². The first kappa shape index (κ1) is 34.0. The predicted octanol–water partition coefficient (Wildman–Crippen LogP) is 0.108. The molecule has 0 spiro atoms. The molecule has 2 aromatic heterocycles. The van der Waals surface area contributed by atoms with E-state index in [4.69, 9.17) is 5.11 Å². The van der Waals surface area contributed by atoms with Crippen LogP contribution < -0.4 is 39.0 Å². The first-order valence-corrected chi connectivity index (χ1v) is 13.5. The molecule has 182 valence electrons. The Hall–Kier alpha value is -1.20. The van der Waals surface area contributed by atoms with E-state index in [-0.39, 0.29) is 39.9 Å². The van der Waals surface area contributed by atoms with Gasteiger partial charge in [0.05, 0.1) is 17.6 Å². The summed E-state index contributed by atoms with van der Waals surface area (Å²) in [5, 5.41) is 8.30. The van der Waals surface area contributed by atoms with Crippen LogP contribution in [0.15, 0.2) is 24.3 Å². The first-order valence-electron chi connectivity index (χ1n) is 8.74. The van der Waals surface area contributed by atoms with Crippen LogP contribution in [-0.4, -0.2) is 57.0 Å². The molecule has 0 fully saturated rings. The first-order chi connectivity index (χ1) is 14.2. The molecule has 0 amide bonds. The van der Waals surface area contributed by atoms with Crippen molar-refractivity contribution in [2.75, 3.05) is 16.6 Å². The molecule has 2 aromatic rings. The van der Waals surface area contributed by atoms with E-state index in [1.165, 1.54) is 31.4 Å². The van der Waals surface area contributed by atoms with Gasteiger partial charge in [-0.25, -0.2) is 26.4 Å². The third kappa shape index (κ3) is 10.7. The SMILES string of the molecule is CC(C)S(=O)(=O)Nc1ccc(C(=O)O)s1.COC(=O)c1ccc(NS(=O)(=O)C(C)C)s1.[Na+].[OH-]. The van der Waals surface area contributed by atoms with Crippen LogP contribution in [0, 0.1) is 0 Å². The average Bonchev–Trinajstić information content (AvgIpc) is 3.30. The van der Waals surface area contributed by atoms with Crippen molar-refractivity contribution in [2.24, 2.45) is 0 Å². The number of methoxy groups -OCH3 is 1. The molecule has 0 atom stereocenters.